The highest BCUT2D eigenvalue weighted by molar-refractivity contribution is 9.10. The van der Waals surface area contributed by atoms with E-state index >= 15 is 0 Å². The van der Waals surface area contributed by atoms with E-state index in [1.165, 1.54) is 38.5 Å². The average Bonchev–Trinajstić information content (AvgIpc) is 2.71. The van der Waals surface area contributed by atoms with Crippen molar-refractivity contribution in [3.05, 3.63) is 63.9 Å². The molecular weight excluding hydrogens is 430 g/mol. The minimum atomic E-state index is -0.346. The number of pyridine rings is 1. The Balaban J connectivity index is 1.29. The monoisotopic (exact) mass is 453 g/mol. The minimum Gasteiger partial charge on any atom is -0.267 e. The Morgan fingerprint density at radius 3 is 2.00 bits per heavy atom. The third kappa shape index (κ3) is 3.59. The highest BCUT2D eigenvalue weighted by Crippen LogP contribution is 2.60. The van der Waals surface area contributed by atoms with E-state index in [2.05, 4.69) is 26.8 Å². The molecule has 2 N–H and O–H groups in total. The Labute approximate surface area is 178 Å². The van der Waals surface area contributed by atoms with Gasteiger partial charge in [0.25, 0.3) is 11.8 Å². The number of nitrogens with zero attached hydrogens (tertiary/aromatic N) is 1. The van der Waals surface area contributed by atoms with Crippen LogP contribution in [0.1, 0.15) is 64.9 Å². The van der Waals surface area contributed by atoms with Gasteiger partial charge in [0.05, 0.1) is 0 Å². The van der Waals surface area contributed by atoms with Gasteiger partial charge in [0.1, 0.15) is 0 Å². The molecular formula is C23H24BrN3O2. The molecule has 0 saturated heterocycles. The second kappa shape index (κ2) is 7.24. The molecule has 150 valence electrons. The first-order valence-corrected chi connectivity index (χ1v) is 11.1. The second-order valence-corrected chi connectivity index (χ2v) is 9.96. The summed E-state index contributed by atoms with van der Waals surface area (Å²) in [4.78, 5) is 29.6. The lowest BCUT2D eigenvalue weighted by Crippen LogP contribution is -2.49. The largest absolute Gasteiger partial charge is 0.269 e. The van der Waals surface area contributed by atoms with Crippen LogP contribution in [0.4, 0.5) is 0 Å². The van der Waals surface area contributed by atoms with Crippen molar-refractivity contribution in [1.82, 2.24) is 15.8 Å². The molecule has 4 bridgehead atoms. The number of aromatic nitrogens is 1. The first-order chi connectivity index (χ1) is 14.0. The van der Waals surface area contributed by atoms with Crippen LogP contribution in [0.3, 0.4) is 0 Å². The molecule has 1 heterocycles. The van der Waals surface area contributed by atoms with Crippen molar-refractivity contribution >= 4 is 27.7 Å². The molecule has 4 saturated carbocycles. The van der Waals surface area contributed by atoms with Gasteiger partial charge in [0.2, 0.25) is 0 Å². The van der Waals surface area contributed by atoms with Crippen molar-refractivity contribution < 1.29 is 9.59 Å². The van der Waals surface area contributed by atoms with E-state index in [9.17, 15) is 9.59 Å². The normalized spacial score (nSPS) is 29.5. The number of carbonyl (C=O) groups is 2. The van der Waals surface area contributed by atoms with Crippen LogP contribution in [0.5, 0.6) is 0 Å². The van der Waals surface area contributed by atoms with Crippen LogP contribution in [0.2, 0.25) is 0 Å². The first-order valence-electron chi connectivity index (χ1n) is 10.3. The second-order valence-electron chi connectivity index (χ2n) is 9.04. The van der Waals surface area contributed by atoms with Gasteiger partial charge in [-0.2, -0.15) is 0 Å². The molecule has 0 aliphatic heterocycles. The van der Waals surface area contributed by atoms with Crippen LogP contribution in [0.15, 0.2) is 47.1 Å². The van der Waals surface area contributed by atoms with E-state index in [0.717, 1.165) is 27.9 Å². The Morgan fingerprint density at radius 2 is 1.41 bits per heavy atom. The van der Waals surface area contributed by atoms with E-state index in [-0.39, 0.29) is 17.2 Å². The predicted octanol–water partition coefficient (Wildman–Crippen LogP) is 4.39. The third-order valence-electron chi connectivity index (χ3n) is 7.00. The summed E-state index contributed by atoms with van der Waals surface area (Å²) in [5, 5.41) is 0. The number of hydrazine groups is 1. The molecule has 29 heavy (non-hydrogen) atoms. The minimum absolute atomic E-state index is 0.145. The maximum Gasteiger partial charge on any atom is 0.269 e. The van der Waals surface area contributed by atoms with Crippen molar-refractivity contribution in [2.45, 2.75) is 43.9 Å². The summed E-state index contributed by atoms with van der Waals surface area (Å²) >= 11 is 3.34. The highest BCUT2D eigenvalue weighted by atomic mass is 79.9. The smallest absolute Gasteiger partial charge is 0.267 e. The lowest BCUT2D eigenvalue weighted by molar-refractivity contribution is -0.00722. The third-order valence-corrected chi connectivity index (χ3v) is 7.53. The van der Waals surface area contributed by atoms with Crippen molar-refractivity contribution in [1.29, 1.82) is 0 Å². The van der Waals surface area contributed by atoms with E-state index < -0.39 is 0 Å². The quantitative estimate of drug-likeness (QED) is 0.676. The van der Waals surface area contributed by atoms with Gasteiger partial charge in [0.15, 0.2) is 0 Å². The summed E-state index contributed by atoms with van der Waals surface area (Å²) < 4.78 is 0.895. The molecule has 0 radical (unpaired) electrons. The van der Waals surface area contributed by atoms with Gasteiger partial charge in [-0.25, -0.2) is 0 Å². The molecule has 2 amide bonds. The number of hydrogen-bond acceptors (Lipinski definition) is 3. The first kappa shape index (κ1) is 18.8. The van der Waals surface area contributed by atoms with Gasteiger partial charge in [-0.05, 0) is 92.7 Å². The van der Waals surface area contributed by atoms with Crippen LogP contribution in [0.25, 0.3) is 0 Å². The molecule has 4 aliphatic rings. The van der Waals surface area contributed by atoms with Gasteiger partial charge in [0, 0.05) is 32.9 Å². The summed E-state index contributed by atoms with van der Waals surface area (Å²) in [6.07, 6.45) is 9.48. The molecule has 0 spiro atoms. The fourth-order valence-corrected chi connectivity index (χ4v) is 6.41. The average molecular weight is 454 g/mol. The fraction of sp³-hybridized carbons (Fsp3) is 0.435. The number of halogens is 1. The van der Waals surface area contributed by atoms with Crippen LogP contribution in [-0.2, 0) is 5.41 Å². The highest BCUT2D eigenvalue weighted by Gasteiger charge is 2.52. The maximum absolute atomic E-state index is 12.7. The summed E-state index contributed by atoms with van der Waals surface area (Å²) in [5.41, 5.74) is 7.26. The van der Waals surface area contributed by atoms with Crippen molar-refractivity contribution in [3.63, 3.8) is 0 Å². The Morgan fingerprint density at radius 1 is 0.862 bits per heavy atom. The van der Waals surface area contributed by atoms with Crippen molar-refractivity contribution in [3.8, 4) is 0 Å². The predicted molar refractivity (Wildman–Crippen MR) is 113 cm³/mol. The SMILES string of the molecule is O=C(NNC(=O)c1ccnc(C23CC4CC(CC(C4)C2)C3)c1)c1ccc(Br)cc1. The topological polar surface area (TPSA) is 71.1 Å². The number of hydrogen-bond donors (Lipinski definition) is 2. The molecule has 5 nitrogen and oxygen atoms in total. The van der Waals surface area contributed by atoms with Crippen molar-refractivity contribution in [2.75, 3.05) is 0 Å². The van der Waals surface area contributed by atoms with E-state index in [1.807, 2.05) is 6.07 Å². The fourth-order valence-electron chi connectivity index (χ4n) is 6.15. The number of amides is 2. The van der Waals surface area contributed by atoms with E-state index in [1.54, 1.807) is 36.5 Å². The molecule has 1 aromatic heterocycles. The Hall–Kier alpha value is -2.21. The Kier molecular flexibility index (Phi) is 4.69. The molecule has 1 aromatic carbocycles. The molecule has 2 aromatic rings. The van der Waals surface area contributed by atoms with Gasteiger partial charge in [-0.3, -0.25) is 25.4 Å². The van der Waals surface area contributed by atoms with Gasteiger partial charge in [-0.1, -0.05) is 15.9 Å². The van der Waals surface area contributed by atoms with Gasteiger partial charge < -0.3 is 0 Å². The zero-order valence-electron chi connectivity index (χ0n) is 16.2. The van der Waals surface area contributed by atoms with Crippen LogP contribution >= 0.6 is 15.9 Å². The summed E-state index contributed by atoms with van der Waals surface area (Å²) in [6, 6.07) is 10.6. The molecule has 4 fully saturated rings. The zero-order valence-corrected chi connectivity index (χ0v) is 17.7. The lowest BCUT2D eigenvalue weighted by atomic mass is 9.48. The maximum atomic E-state index is 12.7. The number of nitrogens with one attached hydrogen (secondary N) is 2. The molecule has 0 unspecified atom stereocenters. The summed E-state index contributed by atoms with van der Waals surface area (Å²) in [6.45, 7) is 0. The molecule has 4 aliphatic carbocycles. The Bertz CT molecular complexity index is 922. The van der Waals surface area contributed by atoms with Crippen LogP contribution in [-0.4, -0.2) is 16.8 Å². The van der Waals surface area contributed by atoms with E-state index in [4.69, 9.17) is 4.98 Å². The zero-order chi connectivity index (χ0) is 20.0. The van der Waals surface area contributed by atoms with Crippen LogP contribution < -0.4 is 10.9 Å². The van der Waals surface area contributed by atoms with Crippen molar-refractivity contribution in [2.24, 2.45) is 17.8 Å². The van der Waals surface area contributed by atoms with E-state index in [0.29, 0.717) is 11.1 Å². The molecule has 6 heteroatoms. The van der Waals surface area contributed by atoms with Gasteiger partial charge >= 0.3 is 0 Å². The lowest BCUT2D eigenvalue weighted by Gasteiger charge is -2.56. The standard InChI is InChI=1S/C23H24BrN3O2/c24-19-3-1-17(2-4-19)21(28)26-27-22(29)18-5-6-25-20(10-18)23-11-14-7-15(12-23)9-16(8-14)13-23/h1-6,10,14-16H,7-9,11-13H2,(H,26,28)(H,27,29). The summed E-state index contributed by atoms with van der Waals surface area (Å²) in [7, 11) is 0. The number of carbonyl (C=O) groups excluding carboxylic acids is 2. The van der Waals surface area contributed by atoms with Gasteiger partial charge in [-0.15, -0.1) is 0 Å². The van der Waals surface area contributed by atoms with Crippen LogP contribution in [0, 0.1) is 17.8 Å². The number of benzene rings is 1. The summed E-state index contributed by atoms with van der Waals surface area (Å²) in [5.74, 6) is 1.81. The molecule has 0 atom stereocenters. The number of rotatable bonds is 3. The molecule has 6 rings (SSSR count).